The van der Waals surface area contributed by atoms with Crippen molar-refractivity contribution in [3.63, 3.8) is 0 Å². The van der Waals surface area contributed by atoms with Gasteiger partial charge in [-0.25, -0.2) is 0 Å². The van der Waals surface area contributed by atoms with Crippen LogP contribution in [0.25, 0.3) is 0 Å². The van der Waals surface area contributed by atoms with E-state index in [1.165, 1.54) is 10.4 Å². The molecule has 0 aliphatic rings. The van der Waals surface area contributed by atoms with E-state index < -0.39 is 9.04 Å². The standard InChI is InChI=1S/C17H18OSi/c1-3-15(4-2)18-19(16-11-7-5-8-12-16)17-13-9-6-10-14-17/h3-15,19H,1-2H2. The second-order valence-electron chi connectivity index (χ2n) is 4.27. The maximum Gasteiger partial charge on any atom is 0.241 e. The fourth-order valence-electron chi connectivity index (χ4n) is 1.97. The van der Waals surface area contributed by atoms with Crippen molar-refractivity contribution in [1.29, 1.82) is 0 Å². The van der Waals surface area contributed by atoms with Crippen molar-refractivity contribution in [2.24, 2.45) is 0 Å². The first-order valence-corrected chi connectivity index (χ1v) is 7.98. The van der Waals surface area contributed by atoms with Crippen molar-refractivity contribution in [3.05, 3.63) is 86.0 Å². The lowest BCUT2D eigenvalue weighted by molar-refractivity contribution is 0.312. The summed E-state index contributed by atoms with van der Waals surface area (Å²) in [6, 6.07) is 20.8. The minimum atomic E-state index is -1.69. The molecular formula is C17H18OSi. The van der Waals surface area contributed by atoms with Crippen molar-refractivity contribution in [1.82, 2.24) is 0 Å². The van der Waals surface area contributed by atoms with Crippen LogP contribution in [0.5, 0.6) is 0 Å². The number of hydrogen-bond donors (Lipinski definition) is 0. The second-order valence-corrected chi connectivity index (χ2v) is 6.64. The molecule has 0 spiro atoms. The van der Waals surface area contributed by atoms with E-state index in [1.54, 1.807) is 12.2 Å². The van der Waals surface area contributed by atoms with Gasteiger partial charge in [0.15, 0.2) is 0 Å². The summed E-state index contributed by atoms with van der Waals surface area (Å²) in [7, 11) is -1.69. The summed E-state index contributed by atoms with van der Waals surface area (Å²) in [5.41, 5.74) is 0. The van der Waals surface area contributed by atoms with Gasteiger partial charge in [0.1, 0.15) is 0 Å². The van der Waals surface area contributed by atoms with Gasteiger partial charge in [-0.1, -0.05) is 72.8 Å². The van der Waals surface area contributed by atoms with Crippen molar-refractivity contribution < 1.29 is 4.43 Å². The first kappa shape index (κ1) is 13.5. The molecule has 0 radical (unpaired) electrons. The molecule has 2 aromatic carbocycles. The third-order valence-electron chi connectivity index (χ3n) is 2.96. The summed E-state index contributed by atoms with van der Waals surface area (Å²) in [5, 5.41) is 2.53. The predicted octanol–water partition coefficient (Wildman–Crippen LogP) is 2.28. The van der Waals surface area contributed by atoms with Gasteiger partial charge in [-0.2, -0.15) is 0 Å². The number of benzene rings is 2. The molecule has 0 saturated heterocycles. The van der Waals surface area contributed by atoms with Crippen molar-refractivity contribution in [3.8, 4) is 0 Å². The van der Waals surface area contributed by atoms with Crippen molar-refractivity contribution in [2.45, 2.75) is 6.10 Å². The minimum absolute atomic E-state index is 0.0999. The largest absolute Gasteiger partial charge is 0.401 e. The van der Waals surface area contributed by atoms with Gasteiger partial charge >= 0.3 is 0 Å². The van der Waals surface area contributed by atoms with Crippen LogP contribution in [0, 0.1) is 0 Å². The third kappa shape index (κ3) is 3.53. The molecule has 0 fully saturated rings. The Hall–Kier alpha value is -1.90. The second kappa shape index (κ2) is 6.88. The lowest BCUT2D eigenvalue weighted by Gasteiger charge is -2.20. The average molecular weight is 266 g/mol. The number of hydrogen-bond acceptors (Lipinski definition) is 1. The van der Waals surface area contributed by atoms with Crippen LogP contribution in [0.15, 0.2) is 86.0 Å². The molecule has 0 aromatic heterocycles. The van der Waals surface area contributed by atoms with Gasteiger partial charge in [-0.05, 0) is 10.4 Å². The molecule has 0 aliphatic carbocycles. The van der Waals surface area contributed by atoms with Gasteiger partial charge in [0.2, 0.25) is 9.04 Å². The average Bonchev–Trinajstić information content (AvgIpc) is 2.50. The highest BCUT2D eigenvalue weighted by atomic mass is 28.3. The van der Waals surface area contributed by atoms with Crippen LogP contribution in [0.1, 0.15) is 0 Å². The zero-order valence-corrected chi connectivity index (χ0v) is 12.1. The Labute approximate surface area is 116 Å². The monoisotopic (exact) mass is 266 g/mol. The molecule has 2 rings (SSSR count). The molecule has 0 aliphatic heterocycles. The van der Waals surface area contributed by atoms with Crippen LogP contribution >= 0.6 is 0 Å². The summed E-state index contributed by atoms with van der Waals surface area (Å²) < 4.78 is 6.22. The van der Waals surface area contributed by atoms with E-state index in [9.17, 15) is 0 Å². The lowest BCUT2D eigenvalue weighted by Crippen LogP contribution is -2.46. The Morgan fingerprint density at radius 3 is 1.58 bits per heavy atom. The first-order valence-electron chi connectivity index (χ1n) is 6.35. The highest BCUT2D eigenvalue weighted by Gasteiger charge is 2.19. The fourth-order valence-corrected chi connectivity index (χ4v) is 4.35. The van der Waals surface area contributed by atoms with Crippen LogP contribution in [0.2, 0.25) is 0 Å². The Morgan fingerprint density at radius 2 is 1.21 bits per heavy atom. The molecule has 19 heavy (non-hydrogen) atoms. The predicted molar refractivity (Wildman–Crippen MR) is 84.6 cm³/mol. The molecule has 0 N–H and O–H groups in total. The normalized spacial score (nSPS) is 10.6. The molecule has 0 amide bonds. The zero-order valence-electron chi connectivity index (χ0n) is 10.9. The van der Waals surface area contributed by atoms with Gasteiger partial charge in [-0.3, -0.25) is 0 Å². The van der Waals surface area contributed by atoms with Gasteiger partial charge in [0.25, 0.3) is 0 Å². The SMILES string of the molecule is C=CC(C=C)O[SiH](c1ccccc1)c1ccccc1. The lowest BCUT2D eigenvalue weighted by atomic mass is 10.4. The highest BCUT2D eigenvalue weighted by molar-refractivity contribution is 6.80. The van der Waals surface area contributed by atoms with Crippen LogP contribution in [0.3, 0.4) is 0 Å². The zero-order chi connectivity index (χ0) is 13.5. The topological polar surface area (TPSA) is 9.23 Å². The van der Waals surface area contributed by atoms with E-state index in [-0.39, 0.29) is 6.10 Å². The fraction of sp³-hybridized carbons (Fsp3) is 0.0588. The maximum absolute atomic E-state index is 6.22. The molecule has 0 unspecified atom stereocenters. The minimum Gasteiger partial charge on any atom is -0.401 e. The Morgan fingerprint density at radius 1 is 0.789 bits per heavy atom. The summed E-state index contributed by atoms with van der Waals surface area (Å²) in [6.45, 7) is 7.60. The first-order chi connectivity index (χ1) is 9.35. The molecule has 0 bridgehead atoms. The van der Waals surface area contributed by atoms with E-state index in [0.717, 1.165) is 0 Å². The summed E-state index contributed by atoms with van der Waals surface area (Å²) in [5.74, 6) is 0. The van der Waals surface area contributed by atoms with Gasteiger partial charge in [0.05, 0.1) is 6.10 Å². The molecule has 2 heteroatoms. The maximum atomic E-state index is 6.22. The molecule has 1 nitrogen and oxygen atoms in total. The molecule has 0 heterocycles. The molecule has 0 saturated carbocycles. The quantitative estimate of drug-likeness (QED) is 0.576. The van der Waals surface area contributed by atoms with E-state index in [2.05, 4.69) is 61.7 Å². The smallest absolute Gasteiger partial charge is 0.241 e. The Kier molecular flexibility index (Phi) is 4.90. The molecule has 2 aromatic rings. The van der Waals surface area contributed by atoms with E-state index in [4.69, 9.17) is 4.43 Å². The third-order valence-corrected chi connectivity index (χ3v) is 5.53. The highest BCUT2D eigenvalue weighted by Crippen LogP contribution is 2.01. The van der Waals surface area contributed by atoms with Gasteiger partial charge in [-0.15, -0.1) is 13.2 Å². The van der Waals surface area contributed by atoms with E-state index >= 15 is 0 Å². The molecule has 0 atom stereocenters. The van der Waals surface area contributed by atoms with Crippen LogP contribution in [-0.2, 0) is 4.43 Å². The van der Waals surface area contributed by atoms with Crippen molar-refractivity contribution >= 4 is 19.4 Å². The van der Waals surface area contributed by atoms with Crippen LogP contribution in [-0.4, -0.2) is 15.1 Å². The van der Waals surface area contributed by atoms with Gasteiger partial charge in [0, 0.05) is 0 Å². The van der Waals surface area contributed by atoms with Crippen LogP contribution < -0.4 is 10.4 Å². The van der Waals surface area contributed by atoms with E-state index in [1.807, 2.05) is 12.1 Å². The van der Waals surface area contributed by atoms with E-state index in [0.29, 0.717) is 0 Å². The van der Waals surface area contributed by atoms with Crippen molar-refractivity contribution in [2.75, 3.05) is 0 Å². The molecular weight excluding hydrogens is 248 g/mol. The summed E-state index contributed by atoms with van der Waals surface area (Å²) in [4.78, 5) is 0. The number of rotatable bonds is 6. The van der Waals surface area contributed by atoms with Crippen LogP contribution in [0.4, 0.5) is 0 Å². The Balaban J connectivity index is 2.34. The van der Waals surface area contributed by atoms with Gasteiger partial charge < -0.3 is 4.43 Å². The summed E-state index contributed by atoms with van der Waals surface area (Å²) >= 11 is 0. The molecule has 96 valence electrons. The Bertz CT molecular complexity index is 474. The summed E-state index contributed by atoms with van der Waals surface area (Å²) in [6.07, 6.45) is 3.48.